The average Bonchev–Trinajstić information content (AvgIpc) is 3.38. The van der Waals surface area contributed by atoms with Gasteiger partial charge in [-0.2, -0.15) is 0 Å². The maximum absolute atomic E-state index is 13.3. The van der Waals surface area contributed by atoms with Crippen LogP contribution in [0.4, 0.5) is 0 Å². The number of amides is 1. The van der Waals surface area contributed by atoms with Gasteiger partial charge in [0.15, 0.2) is 0 Å². The number of allylic oxidation sites excluding steroid dienone is 3. The number of unbranched alkanes of at least 4 members (excludes halogenated alkanes) is 1. The van der Waals surface area contributed by atoms with Crippen LogP contribution in [-0.4, -0.2) is 41.7 Å². The van der Waals surface area contributed by atoms with Crippen LogP contribution in [0.5, 0.6) is 0 Å². The number of nitrogens with one attached hydrogen (secondary N) is 1. The summed E-state index contributed by atoms with van der Waals surface area (Å²) in [5.41, 5.74) is 2.77. The average molecular weight is 651 g/mol. The molecule has 0 aliphatic heterocycles. The fourth-order valence-electron chi connectivity index (χ4n) is 8.95. The van der Waals surface area contributed by atoms with Gasteiger partial charge in [-0.25, -0.2) is 9.59 Å². The molecule has 47 heavy (non-hydrogen) atoms. The summed E-state index contributed by atoms with van der Waals surface area (Å²) in [6.07, 6.45) is 12.5. The summed E-state index contributed by atoms with van der Waals surface area (Å²) in [6.45, 7) is 11.2. The highest BCUT2D eigenvalue weighted by Crippen LogP contribution is 2.66. The maximum Gasteiger partial charge on any atom is 0.338 e. The molecule has 0 aromatic heterocycles. The second-order valence-corrected chi connectivity index (χ2v) is 15.4. The number of esters is 2. The summed E-state index contributed by atoms with van der Waals surface area (Å²) in [4.78, 5) is 53.2. The highest BCUT2D eigenvalue weighted by Gasteiger charge is 2.59. The van der Waals surface area contributed by atoms with Crippen LogP contribution in [-0.2, 0) is 30.5 Å². The van der Waals surface area contributed by atoms with Gasteiger partial charge in [0.1, 0.15) is 6.61 Å². The molecule has 1 aromatic carbocycles. The third-order valence-corrected chi connectivity index (χ3v) is 11.4. The van der Waals surface area contributed by atoms with E-state index in [0.29, 0.717) is 48.1 Å². The number of benzene rings is 1. The second-order valence-electron chi connectivity index (χ2n) is 15.4. The maximum atomic E-state index is 13.3. The number of rotatable bonds is 11. The first-order valence-electron chi connectivity index (χ1n) is 17.1. The summed E-state index contributed by atoms with van der Waals surface area (Å²) in [7, 11) is 0. The number of hydrogen-bond donors (Lipinski definition) is 1. The Morgan fingerprint density at radius 3 is 2.30 bits per heavy atom. The van der Waals surface area contributed by atoms with Crippen molar-refractivity contribution >= 4 is 17.8 Å². The van der Waals surface area contributed by atoms with Gasteiger partial charge in [-0.3, -0.25) is 4.79 Å². The van der Waals surface area contributed by atoms with Crippen LogP contribution in [0.15, 0.2) is 47.6 Å². The first-order chi connectivity index (χ1) is 22.2. The molecule has 10 nitrogen and oxygen atoms in total. The fraction of sp³-hybridized carbons (Fsp3) is 0.649. The molecular weight excluding hydrogens is 600 g/mol. The topological polar surface area (TPSA) is 134 Å². The van der Waals surface area contributed by atoms with E-state index in [4.69, 9.17) is 9.47 Å². The minimum atomic E-state index is -0.864. The van der Waals surface area contributed by atoms with Crippen molar-refractivity contribution in [3.05, 3.63) is 68.8 Å². The van der Waals surface area contributed by atoms with E-state index >= 15 is 0 Å². The molecule has 0 bridgehead atoms. The van der Waals surface area contributed by atoms with Crippen LogP contribution in [0.3, 0.4) is 0 Å². The Hall–Kier alpha value is -3.69. The van der Waals surface area contributed by atoms with Gasteiger partial charge in [-0.05, 0) is 136 Å². The summed E-state index contributed by atoms with van der Waals surface area (Å²) < 4.78 is 10.9. The molecule has 4 aliphatic rings. The normalized spacial score (nSPS) is 29.6. The van der Waals surface area contributed by atoms with Crippen LogP contribution in [0, 0.1) is 44.6 Å². The predicted molar refractivity (Wildman–Crippen MR) is 175 cm³/mol. The van der Waals surface area contributed by atoms with Gasteiger partial charge in [0.25, 0.3) is 5.09 Å². The van der Waals surface area contributed by atoms with Crippen molar-refractivity contribution in [2.45, 2.75) is 105 Å². The van der Waals surface area contributed by atoms with Crippen LogP contribution < -0.4 is 5.32 Å². The first kappa shape index (κ1) is 34.6. The fourth-order valence-corrected chi connectivity index (χ4v) is 8.95. The third-order valence-electron chi connectivity index (χ3n) is 11.4. The molecule has 0 saturated heterocycles. The molecule has 0 heterocycles. The van der Waals surface area contributed by atoms with Crippen LogP contribution >= 0.6 is 0 Å². The molecule has 1 N–H and O–H groups in total. The largest absolute Gasteiger partial charge is 0.462 e. The number of fused-ring (bicyclic) bond motifs is 5. The van der Waals surface area contributed by atoms with Gasteiger partial charge >= 0.3 is 11.9 Å². The van der Waals surface area contributed by atoms with Crippen molar-refractivity contribution < 1.29 is 33.8 Å². The summed E-state index contributed by atoms with van der Waals surface area (Å²) in [5.74, 6) is 1.22. The van der Waals surface area contributed by atoms with Crippen molar-refractivity contribution in [1.82, 2.24) is 5.32 Å². The molecule has 2 fully saturated rings. The SMILES string of the molecule is CC(C)(C)NC(=O)[C@H]1CC[C@H]2[C@@H]3CC=C4C=C(C(=O)OCCCCOC(=O)c5ccc(CO[N+](=O)[O-])cc5)CC[C@]4(C)[C@H]3CC[C@]12C. The van der Waals surface area contributed by atoms with Gasteiger partial charge in [-0.15, -0.1) is 10.1 Å². The molecule has 0 unspecified atom stereocenters. The minimum Gasteiger partial charge on any atom is -0.462 e. The Morgan fingerprint density at radius 1 is 0.957 bits per heavy atom. The zero-order valence-corrected chi connectivity index (χ0v) is 28.5. The van der Waals surface area contributed by atoms with Crippen molar-refractivity contribution in [2.24, 2.45) is 34.5 Å². The molecular formula is C37H50N2O8. The van der Waals surface area contributed by atoms with Crippen molar-refractivity contribution in [2.75, 3.05) is 13.2 Å². The van der Waals surface area contributed by atoms with E-state index in [1.807, 2.05) is 0 Å². The molecule has 1 amide bonds. The highest BCUT2D eigenvalue weighted by molar-refractivity contribution is 5.90. The number of ether oxygens (including phenoxy) is 2. The van der Waals surface area contributed by atoms with Crippen molar-refractivity contribution in [3.8, 4) is 0 Å². The molecule has 6 atom stereocenters. The van der Waals surface area contributed by atoms with Gasteiger partial charge in [0, 0.05) is 17.0 Å². The Labute approximate surface area is 277 Å². The number of hydrogen-bond acceptors (Lipinski definition) is 8. The van der Waals surface area contributed by atoms with Crippen LogP contribution in [0.2, 0.25) is 0 Å². The van der Waals surface area contributed by atoms with Gasteiger partial charge in [0.2, 0.25) is 5.91 Å². The zero-order valence-electron chi connectivity index (χ0n) is 28.5. The Balaban J connectivity index is 1.08. The third kappa shape index (κ3) is 7.57. The lowest BCUT2D eigenvalue weighted by Gasteiger charge is -2.57. The van der Waals surface area contributed by atoms with E-state index in [1.165, 1.54) is 17.7 Å². The number of carbonyl (C=O) groups is 3. The Morgan fingerprint density at radius 2 is 1.64 bits per heavy atom. The minimum absolute atomic E-state index is 0.0345. The monoisotopic (exact) mass is 650 g/mol. The Bertz CT molecular complexity index is 1430. The van der Waals surface area contributed by atoms with Crippen LogP contribution in [0.1, 0.15) is 108 Å². The van der Waals surface area contributed by atoms with Crippen molar-refractivity contribution in [1.29, 1.82) is 0 Å². The van der Waals surface area contributed by atoms with E-state index in [1.54, 1.807) is 12.1 Å². The predicted octanol–water partition coefficient (Wildman–Crippen LogP) is 6.91. The Kier molecular flexibility index (Phi) is 10.2. The zero-order chi connectivity index (χ0) is 34.0. The molecule has 10 heteroatoms. The number of carbonyl (C=O) groups excluding carboxylic acids is 3. The second kappa shape index (κ2) is 13.8. The standard InChI is InChI=1S/C37H50N2O8/c1-35(2,3)38-32(40)31-15-14-29-28-13-12-27-22-26(16-18-36(27,4)30(28)17-19-37(29,31)5)34(42)46-21-7-6-20-45-33(41)25-10-8-24(9-11-25)23-47-39(43)44/h8-12,22,28-31H,6-7,13-21,23H2,1-5H3,(H,38,40)/t28-,29-,30-,31+,36-,37-/m0/s1. The highest BCUT2D eigenvalue weighted by atomic mass is 16.9. The lowest BCUT2D eigenvalue weighted by molar-refractivity contribution is -0.763. The molecule has 2 saturated carbocycles. The first-order valence-corrected chi connectivity index (χ1v) is 17.1. The molecule has 4 aliphatic carbocycles. The summed E-state index contributed by atoms with van der Waals surface area (Å²) >= 11 is 0. The molecule has 256 valence electrons. The van der Waals surface area contributed by atoms with E-state index < -0.39 is 11.1 Å². The quantitative estimate of drug-likeness (QED) is 0.118. The summed E-state index contributed by atoms with van der Waals surface area (Å²) in [5, 5.41) is 12.7. The molecule has 5 rings (SSSR count). The van der Waals surface area contributed by atoms with Crippen molar-refractivity contribution in [3.63, 3.8) is 0 Å². The van der Waals surface area contributed by atoms with Crippen LogP contribution in [0.25, 0.3) is 0 Å². The molecule has 1 aromatic rings. The van der Waals surface area contributed by atoms with E-state index in [0.717, 1.165) is 44.1 Å². The van der Waals surface area contributed by atoms with E-state index in [9.17, 15) is 24.5 Å². The lowest BCUT2D eigenvalue weighted by atomic mass is 9.48. The lowest BCUT2D eigenvalue weighted by Crippen LogP contribution is -2.52. The molecule has 0 spiro atoms. The van der Waals surface area contributed by atoms with E-state index in [-0.39, 0.29) is 54.0 Å². The number of nitrogens with zero attached hydrogens (tertiary/aromatic N) is 1. The molecule has 0 radical (unpaired) electrons. The smallest absolute Gasteiger partial charge is 0.338 e. The van der Waals surface area contributed by atoms with E-state index in [2.05, 4.69) is 56.9 Å². The van der Waals surface area contributed by atoms with Gasteiger partial charge < -0.3 is 19.6 Å². The van der Waals surface area contributed by atoms with Gasteiger partial charge in [0.05, 0.1) is 18.8 Å². The summed E-state index contributed by atoms with van der Waals surface area (Å²) in [6, 6.07) is 6.24. The van der Waals surface area contributed by atoms with Gasteiger partial charge in [-0.1, -0.05) is 32.1 Å².